The summed E-state index contributed by atoms with van der Waals surface area (Å²) >= 11 is 0. The first-order chi connectivity index (χ1) is 37.0. The van der Waals surface area contributed by atoms with Crippen molar-refractivity contribution in [3.8, 4) is 0 Å². The van der Waals surface area contributed by atoms with E-state index in [2.05, 4.69) is 130 Å². The normalized spacial score (nSPS) is 12.8. The molecule has 0 amide bonds. The van der Waals surface area contributed by atoms with Crippen LogP contribution in [0.5, 0.6) is 0 Å². The summed E-state index contributed by atoms with van der Waals surface area (Å²) in [5.41, 5.74) is 0. The van der Waals surface area contributed by atoms with Crippen molar-refractivity contribution < 1.29 is 28.6 Å². The first kappa shape index (κ1) is 71.1. The SMILES string of the molecule is CC/C=C\C/C=C\C/C=C\C/C=C\CCCCCCCCCCCCCCCCC(=O)OCC(COC(=O)CCCCCCC/C=C\C/C=C\CCC)OC(=O)CCCCCCCCC/C=C\C/C=C\C/C=C\CC. The van der Waals surface area contributed by atoms with E-state index in [1.54, 1.807) is 0 Å². The molecule has 0 aliphatic rings. The Morgan fingerprint density at radius 3 is 0.813 bits per heavy atom. The van der Waals surface area contributed by atoms with Gasteiger partial charge in [-0.05, 0) is 116 Å². The molecule has 0 rings (SSSR count). The number of allylic oxidation sites excluding steroid dienone is 18. The van der Waals surface area contributed by atoms with Crippen LogP contribution >= 0.6 is 0 Å². The van der Waals surface area contributed by atoms with E-state index in [1.165, 1.54) is 109 Å². The van der Waals surface area contributed by atoms with Crippen LogP contribution in [0.4, 0.5) is 0 Å². The average molecular weight is 1040 g/mol. The smallest absolute Gasteiger partial charge is 0.306 e. The Labute approximate surface area is 463 Å². The fourth-order valence-corrected chi connectivity index (χ4v) is 8.60. The van der Waals surface area contributed by atoms with Crippen LogP contribution in [-0.4, -0.2) is 37.2 Å². The summed E-state index contributed by atoms with van der Waals surface area (Å²) in [6, 6.07) is 0. The van der Waals surface area contributed by atoms with Crippen molar-refractivity contribution in [2.24, 2.45) is 0 Å². The second kappa shape index (κ2) is 62.6. The maximum Gasteiger partial charge on any atom is 0.306 e. The van der Waals surface area contributed by atoms with E-state index >= 15 is 0 Å². The number of ether oxygens (including phenoxy) is 3. The minimum Gasteiger partial charge on any atom is -0.462 e. The summed E-state index contributed by atoms with van der Waals surface area (Å²) in [5.74, 6) is -0.906. The summed E-state index contributed by atoms with van der Waals surface area (Å²) < 4.78 is 16.9. The highest BCUT2D eigenvalue weighted by Gasteiger charge is 2.19. The number of hydrogen-bond acceptors (Lipinski definition) is 6. The Balaban J connectivity index is 4.29. The molecule has 6 nitrogen and oxygen atoms in total. The Kier molecular flexibility index (Phi) is 59.3. The average Bonchev–Trinajstić information content (AvgIpc) is 3.41. The second-order valence-corrected chi connectivity index (χ2v) is 20.5. The van der Waals surface area contributed by atoms with Crippen molar-refractivity contribution >= 4 is 17.9 Å². The maximum absolute atomic E-state index is 12.9. The number of esters is 3. The Hall–Kier alpha value is -3.93. The van der Waals surface area contributed by atoms with Gasteiger partial charge in [0, 0.05) is 19.3 Å². The molecular weight excluding hydrogens is 925 g/mol. The van der Waals surface area contributed by atoms with Gasteiger partial charge in [0.05, 0.1) is 0 Å². The zero-order chi connectivity index (χ0) is 54.3. The summed E-state index contributed by atoms with van der Waals surface area (Å²) in [6.45, 7) is 6.35. The van der Waals surface area contributed by atoms with Crippen LogP contribution in [0.25, 0.3) is 0 Å². The highest BCUT2D eigenvalue weighted by atomic mass is 16.6. The quantitative estimate of drug-likeness (QED) is 0.0261. The first-order valence-electron chi connectivity index (χ1n) is 31.4. The van der Waals surface area contributed by atoms with E-state index in [4.69, 9.17) is 14.2 Å². The van der Waals surface area contributed by atoms with E-state index in [1.807, 2.05) is 0 Å². The minimum absolute atomic E-state index is 0.0868. The number of hydrogen-bond donors (Lipinski definition) is 0. The fourth-order valence-electron chi connectivity index (χ4n) is 8.60. The van der Waals surface area contributed by atoms with Gasteiger partial charge < -0.3 is 14.2 Å². The van der Waals surface area contributed by atoms with E-state index in [9.17, 15) is 14.4 Å². The van der Waals surface area contributed by atoms with Crippen molar-refractivity contribution in [3.05, 3.63) is 109 Å². The third-order valence-electron chi connectivity index (χ3n) is 13.2. The molecule has 0 fully saturated rings. The largest absolute Gasteiger partial charge is 0.462 e. The van der Waals surface area contributed by atoms with Gasteiger partial charge in [-0.15, -0.1) is 0 Å². The van der Waals surface area contributed by atoms with E-state index in [-0.39, 0.29) is 31.1 Å². The van der Waals surface area contributed by atoms with Crippen LogP contribution in [0.1, 0.15) is 290 Å². The highest BCUT2D eigenvalue weighted by Crippen LogP contribution is 2.16. The van der Waals surface area contributed by atoms with Crippen molar-refractivity contribution in [2.75, 3.05) is 13.2 Å². The van der Waals surface area contributed by atoms with Crippen molar-refractivity contribution in [3.63, 3.8) is 0 Å². The Morgan fingerprint density at radius 2 is 0.520 bits per heavy atom. The maximum atomic E-state index is 12.9. The van der Waals surface area contributed by atoms with Crippen LogP contribution in [0.3, 0.4) is 0 Å². The number of carbonyl (C=O) groups excluding carboxylic acids is 3. The molecule has 0 aromatic heterocycles. The minimum atomic E-state index is -0.791. The summed E-state index contributed by atoms with van der Waals surface area (Å²) in [6.07, 6.45) is 85.2. The predicted molar refractivity (Wildman–Crippen MR) is 325 cm³/mol. The molecule has 0 saturated heterocycles. The lowest BCUT2D eigenvalue weighted by Gasteiger charge is -2.18. The predicted octanol–water partition coefficient (Wildman–Crippen LogP) is 21.4. The van der Waals surface area contributed by atoms with Gasteiger partial charge in [-0.3, -0.25) is 14.4 Å². The number of rotatable bonds is 56. The molecule has 1 unspecified atom stereocenters. The molecule has 0 spiro atoms. The number of unbranched alkanes of at least 4 members (excludes halogenated alkanes) is 27. The van der Waals surface area contributed by atoms with E-state index < -0.39 is 6.10 Å². The molecule has 0 aromatic carbocycles. The van der Waals surface area contributed by atoms with Gasteiger partial charge in [0.25, 0.3) is 0 Å². The standard InChI is InChI=1S/C69H116O6/c1-4-7-10-13-16-19-22-25-27-29-30-31-32-33-34-35-36-37-38-40-41-44-47-50-53-56-59-62-68(71)74-65-66(64-73-67(70)61-58-55-52-49-46-43-24-21-18-15-12-9-6-3)75-69(72)63-60-57-54-51-48-45-42-39-28-26-23-20-17-14-11-8-5-2/h7-8,10-12,15-17,19-21,24-28,30-31,66H,4-6,9,13-14,18,22-23,29,32-65H2,1-3H3/b10-7-,11-8-,15-12-,19-16-,20-17-,24-21-,27-25-,28-26-,31-30-. The van der Waals surface area contributed by atoms with Crippen LogP contribution < -0.4 is 0 Å². The summed E-state index contributed by atoms with van der Waals surface area (Å²) in [4.78, 5) is 38.3. The van der Waals surface area contributed by atoms with Gasteiger partial charge >= 0.3 is 17.9 Å². The third-order valence-corrected chi connectivity index (χ3v) is 13.2. The molecule has 0 bridgehead atoms. The third kappa shape index (κ3) is 60.8. The molecule has 0 radical (unpaired) electrons. The van der Waals surface area contributed by atoms with Crippen molar-refractivity contribution in [2.45, 2.75) is 297 Å². The first-order valence-corrected chi connectivity index (χ1v) is 31.4. The summed E-state index contributed by atoms with van der Waals surface area (Å²) in [7, 11) is 0. The van der Waals surface area contributed by atoms with Crippen LogP contribution in [-0.2, 0) is 28.6 Å². The van der Waals surface area contributed by atoms with E-state index in [0.29, 0.717) is 19.3 Å². The topological polar surface area (TPSA) is 78.9 Å². The van der Waals surface area contributed by atoms with Gasteiger partial charge in [-0.2, -0.15) is 0 Å². The van der Waals surface area contributed by atoms with Crippen LogP contribution in [0.15, 0.2) is 109 Å². The second-order valence-electron chi connectivity index (χ2n) is 20.5. The van der Waals surface area contributed by atoms with Gasteiger partial charge in [-0.25, -0.2) is 0 Å². The molecule has 1 atom stereocenters. The molecule has 6 heteroatoms. The lowest BCUT2D eigenvalue weighted by molar-refractivity contribution is -0.167. The lowest BCUT2D eigenvalue weighted by Crippen LogP contribution is -2.30. The molecule has 75 heavy (non-hydrogen) atoms. The summed E-state index contributed by atoms with van der Waals surface area (Å²) in [5, 5.41) is 0. The molecule has 0 aliphatic heterocycles. The van der Waals surface area contributed by atoms with Gasteiger partial charge in [0.1, 0.15) is 13.2 Å². The highest BCUT2D eigenvalue weighted by molar-refractivity contribution is 5.71. The van der Waals surface area contributed by atoms with Gasteiger partial charge in [-0.1, -0.05) is 265 Å². The number of carbonyl (C=O) groups is 3. The van der Waals surface area contributed by atoms with Crippen molar-refractivity contribution in [1.82, 2.24) is 0 Å². The molecule has 0 heterocycles. The Bertz CT molecular complexity index is 1520. The molecule has 0 N–H and O–H groups in total. The molecule has 0 saturated carbocycles. The fraction of sp³-hybridized carbons (Fsp3) is 0.696. The molecule has 428 valence electrons. The Morgan fingerprint density at radius 1 is 0.280 bits per heavy atom. The molecular formula is C69H116O6. The lowest BCUT2D eigenvalue weighted by atomic mass is 10.0. The van der Waals surface area contributed by atoms with Crippen LogP contribution in [0, 0.1) is 0 Å². The zero-order valence-corrected chi connectivity index (χ0v) is 49.0. The van der Waals surface area contributed by atoms with Crippen molar-refractivity contribution in [1.29, 1.82) is 0 Å². The zero-order valence-electron chi connectivity index (χ0n) is 49.0. The molecule has 0 aromatic rings. The van der Waals surface area contributed by atoms with Crippen LogP contribution in [0.2, 0.25) is 0 Å². The monoisotopic (exact) mass is 1040 g/mol. The molecule has 0 aliphatic carbocycles. The van der Waals surface area contributed by atoms with Gasteiger partial charge in [0.15, 0.2) is 6.10 Å². The van der Waals surface area contributed by atoms with E-state index in [0.717, 1.165) is 141 Å². The van der Waals surface area contributed by atoms with Gasteiger partial charge in [0.2, 0.25) is 0 Å².